The number of thioether (sulfide) groups is 1. The van der Waals surface area contributed by atoms with Gasteiger partial charge in [-0.25, -0.2) is 0 Å². The van der Waals surface area contributed by atoms with Gasteiger partial charge in [-0.2, -0.15) is 0 Å². The Bertz CT molecular complexity index is 310. The Morgan fingerprint density at radius 3 is 2.92 bits per heavy atom. The Kier molecular flexibility index (Phi) is 1.89. The van der Waals surface area contributed by atoms with Gasteiger partial charge in [0.2, 0.25) is 6.79 Å². The highest BCUT2D eigenvalue weighted by Crippen LogP contribution is 2.39. The van der Waals surface area contributed by atoms with Crippen molar-refractivity contribution in [1.29, 1.82) is 0 Å². The third kappa shape index (κ3) is 1.05. The van der Waals surface area contributed by atoms with E-state index < -0.39 is 0 Å². The minimum atomic E-state index is 0.355. The van der Waals surface area contributed by atoms with Crippen LogP contribution in [0.2, 0.25) is 0 Å². The summed E-state index contributed by atoms with van der Waals surface area (Å²) in [5.41, 5.74) is 1.18. The highest BCUT2D eigenvalue weighted by Gasteiger charge is 2.17. The number of ether oxygens (including phenoxy) is 2. The van der Waals surface area contributed by atoms with Crippen molar-refractivity contribution in [2.75, 3.05) is 13.0 Å². The van der Waals surface area contributed by atoms with Crippen LogP contribution in [0.3, 0.4) is 0 Å². The maximum Gasteiger partial charge on any atom is 0.231 e. The molecule has 1 aromatic rings. The van der Waals surface area contributed by atoms with Gasteiger partial charge < -0.3 is 9.47 Å². The predicted molar refractivity (Wildman–Crippen MR) is 49.1 cm³/mol. The van der Waals surface area contributed by atoms with Gasteiger partial charge in [0.25, 0.3) is 0 Å². The third-order valence-electron chi connectivity index (χ3n) is 1.96. The standard InChI is InChI=1S/C9H10O2S/c1-6-8(12-2)4-3-7-9(6)11-5-10-7/h3-4H,5H2,1-2H3. The molecule has 0 bridgehead atoms. The van der Waals surface area contributed by atoms with E-state index in [-0.39, 0.29) is 0 Å². The van der Waals surface area contributed by atoms with Crippen LogP contribution in [0.25, 0.3) is 0 Å². The van der Waals surface area contributed by atoms with Crippen LogP contribution >= 0.6 is 11.8 Å². The molecule has 1 aliphatic heterocycles. The molecule has 0 spiro atoms. The molecule has 0 saturated carbocycles. The first kappa shape index (κ1) is 7.80. The predicted octanol–water partition coefficient (Wildman–Crippen LogP) is 2.45. The van der Waals surface area contributed by atoms with Crippen LogP contribution < -0.4 is 9.47 Å². The second-order valence-electron chi connectivity index (χ2n) is 2.63. The van der Waals surface area contributed by atoms with Gasteiger partial charge in [-0.15, -0.1) is 11.8 Å². The van der Waals surface area contributed by atoms with Gasteiger partial charge in [0, 0.05) is 10.5 Å². The van der Waals surface area contributed by atoms with Crippen molar-refractivity contribution in [1.82, 2.24) is 0 Å². The zero-order valence-corrected chi connectivity index (χ0v) is 7.90. The quantitative estimate of drug-likeness (QED) is 0.621. The first-order valence-electron chi connectivity index (χ1n) is 3.76. The molecule has 1 aliphatic rings. The van der Waals surface area contributed by atoms with Crippen LogP contribution in [0.15, 0.2) is 17.0 Å². The van der Waals surface area contributed by atoms with Gasteiger partial charge >= 0.3 is 0 Å². The molecule has 0 unspecified atom stereocenters. The van der Waals surface area contributed by atoms with Crippen LogP contribution in [0, 0.1) is 6.92 Å². The second kappa shape index (κ2) is 2.90. The van der Waals surface area contributed by atoms with Crippen LogP contribution in [-0.4, -0.2) is 13.0 Å². The molecule has 0 radical (unpaired) electrons. The third-order valence-corrected chi connectivity index (χ3v) is 2.84. The highest BCUT2D eigenvalue weighted by atomic mass is 32.2. The van der Waals surface area contributed by atoms with Crippen LogP contribution in [0.1, 0.15) is 5.56 Å². The smallest absolute Gasteiger partial charge is 0.231 e. The highest BCUT2D eigenvalue weighted by molar-refractivity contribution is 7.98. The molecular weight excluding hydrogens is 172 g/mol. The summed E-state index contributed by atoms with van der Waals surface area (Å²) in [4.78, 5) is 1.25. The summed E-state index contributed by atoms with van der Waals surface area (Å²) in [5.74, 6) is 1.77. The average molecular weight is 182 g/mol. The topological polar surface area (TPSA) is 18.5 Å². The Hall–Kier alpha value is -0.830. The zero-order valence-electron chi connectivity index (χ0n) is 7.09. The average Bonchev–Trinajstić information content (AvgIpc) is 2.53. The number of benzene rings is 1. The number of rotatable bonds is 1. The van der Waals surface area contributed by atoms with E-state index >= 15 is 0 Å². The minimum absolute atomic E-state index is 0.355. The molecule has 0 amide bonds. The molecule has 0 fully saturated rings. The molecule has 1 aromatic carbocycles. The van der Waals surface area contributed by atoms with E-state index in [0.717, 1.165) is 11.5 Å². The molecule has 0 N–H and O–H groups in total. The Morgan fingerprint density at radius 1 is 1.33 bits per heavy atom. The first-order chi connectivity index (χ1) is 5.83. The molecule has 2 rings (SSSR count). The van der Waals surface area contributed by atoms with Crippen molar-refractivity contribution in [3.8, 4) is 11.5 Å². The Morgan fingerprint density at radius 2 is 2.17 bits per heavy atom. The SMILES string of the molecule is CSc1ccc2c(c1C)OCO2. The molecule has 0 aliphatic carbocycles. The van der Waals surface area contributed by atoms with Crippen molar-refractivity contribution in [2.45, 2.75) is 11.8 Å². The Balaban J connectivity index is 2.54. The van der Waals surface area contributed by atoms with E-state index in [4.69, 9.17) is 9.47 Å². The molecular formula is C9H10O2S. The van der Waals surface area contributed by atoms with Crippen molar-refractivity contribution in [3.05, 3.63) is 17.7 Å². The van der Waals surface area contributed by atoms with Crippen LogP contribution in [0.5, 0.6) is 11.5 Å². The fraction of sp³-hybridized carbons (Fsp3) is 0.333. The number of hydrogen-bond acceptors (Lipinski definition) is 3. The summed E-state index contributed by atoms with van der Waals surface area (Å²) in [6.07, 6.45) is 2.06. The molecule has 12 heavy (non-hydrogen) atoms. The lowest BCUT2D eigenvalue weighted by atomic mass is 10.2. The van der Waals surface area contributed by atoms with Gasteiger partial charge in [-0.05, 0) is 25.3 Å². The molecule has 0 aromatic heterocycles. The maximum atomic E-state index is 5.34. The largest absolute Gasteiger partial charge is 0.454 e. The first-order valence-corrected chi connectivity index (χ1v) is 4.98. The Labute approximate surface area is 75.9 Å². The fourth-order valence-electron chi connectivity index (χ4n) is 1.31. The molecule has 2 nitrogen and oxygen atoms in total. The van der Waals surface area contributed by atoms with Gasteiger partial charge in [-0.1, -0.05) is 0 Å². The maximum absolute atomic E-state index is 5.34. The van der Waals surface area contributed by atoms with Gasteiger partial charge in [0.1, 0.15) is 0 Å². The molecule has 1 heterocycles. The molecule has 64 valence electrons. The lowest BCUT2D eigenvalue weighted by Gasteiger charge is -2.04. The van der Waals surface area contributed by atoms with Gasteiger partial charge in [0.05, 0.1) is 0 Å². The fourth-order valence-corrected chi connectivity index (χ4v) is 1.92. The summed E-state index contributed by atoms with van der Waals surface area (Å²) in [6.45, 7) is 2.41. The van der Waals surface area contributed by atoms with Crippen LogP contribution in [0.4, 0.5) is 0 Å². The van der Waals surface area contributed by atoms with Crippen molar-refractivity contribution in [2.24, 2.45) is 0 Å². The summed E-state index contributed by atoms with van der Waals surface area (Å²) in [7, 11) is 0. The normalized spacial score (nSPS) is 13.5. The number of hydrogen-bond donors (Lipinski definition) is 0. The molecule has 0 saturated heterocycles. The van der Waals surface area contributed by atoms with Crippen LogP contribution in [-0.2, 0) is 0 Å². The van der Waals surface area contributed by atoms with Crippen molar-refractivity contribution >= 4 is 11.8 Å². The summed E-state index contributed by atoms with van der Waals surface area (Å²) >= 11 is 1.73. The van der Waals surface area contributed by atoms with E-state index in [2.05, 4.69) is 19.2 Å². The zero-order chi connectivity index (χ0) is 8.55. The minimum Gasteiger partial charge on any atom is -0.454 e. The van der Waals surface area contributed by atoms with Crippen molar-refractivity contribution < 1.29 is 9.47 Å². The van der Waals surface area contributed by atoms with Crippen molar-refractivity contribution in [3.63, 3.8) is 0 Å². The monoisotopic (exact) mass is 182 g/mol. The summed E-state index contributed by atoms with van der Waals surface area (Å²) in [6, 6.07) is 4.02. The van der Waals surface area contributed by atoms with E-state index in [1.165, 1.54) is 10.5 Å². The lowest BCUT2D eigenvalue weighted by molar-refractivity contribution is 0.173. The van der Waals surface area contributed by atoms with E-state index in [1.54, 1.807) is 11.8 Å². The van der Waals surface area contributed by atoms with Gasteiger partial charge in [0.15, 0.2) is 11.5 Å². The number of fused-ring (bicyclic) bond motifs is 1. The van der Waals surface area contributed by atoms with E-state index in [9.17, 15) is 0 Å². The van der Waals surface area contributed by atoms with E-state index in [0.29, 0.717) is 6.79 Å². The van der Waals surface area contributed by atoms with Gasteiger partial charge in [-0.3, -0.25) is 0 Å². The lowest BCUT2D eigenvalue weighted by Crippen LogP contribution is -1.93. The second-order valence-corrected chi connectivity index (χ2v) is 3.47. The van der Waals surface area contributed by atoms with E-state index in [1.807, 2.05) is 6.07 Å². The summed E-state index contributed by atoms with van der Waals surface area (Å²) in [5, 5.41) is 0. The molecule has 0 atom stereocenters. The summed E-state index contributed by atoms with van der Waals surface area (Å²) < 4.78 is 10.6. The molecule has 3 heteroatoms.